The van der Waals surface area contributed by atoms with Crippen molar-refractivity contribution in [3.8, 4) is 0 Å². The summed E-state index contributed by atoms with van der Waals surface area (Å²) in [5.74, 6) is -1.44. The molecule has 0 fully saturated rings. The van der Waals surface area contributed by atoms with E-state index in [0.717, 1.165) is 18.4 Å². The molecule has 11 heteroatoms. The van der Waals surface area contributed by atoms with E-state index >= 15 is 0 Å². The van der Waals surface area contributed by atoms with Gasteiger partial charge in [-0.05, 0) is 51.2 Å². The first-order chi connectivity index (χ1) is 17.5. The number of nitrogens with two attached hydrogens (primary N) is 1. The number of aliphatic carboxylic acids is 1. The number of alkyl carbamates (subject to hydrolysis) is 1. The van der Waals surface area contributed by atoms with Crippen molar-refractivity contribution in [3.63, 3.8) is 0 Å². The molecular formula is C26H42N2O9. The molecule has 1 rings (SSSR count). The Morgan fingerprint density at radius 3 is 2.11 bits per heavy atom. The highest BCUT2D eigenvalue weighted by molar-refractivity contribution is 5.74. The predicted octanol–water partition coefficient (Wildman–Crippen LogP) is 2.43. The minimum Gasteiger partial charge on any atom is -0.480 e. The van der Waals surface area contributed by atoms with Crippen LogP contribution in [0.3, 0.4) is 0 Å². The van der Waals surface area contributed by atoms with E-state index in [9.17, 15) is 14.4 Å². The van der Waals surface area contributed by atoms with Gasteiger partial charge >= 0.3 is 12.1 Å². The number of hydrogen-bond acceptors (Lipinski definition) is 8. The zero-order chi connectivity index (χ0) is 27.5. The number of carboxylic acids is 1. The van der Waals surface area contributed by atoms with Gasteiger partial charge in [0, 0.05) is 13.0 Å². The zero-order valence-corrected chi connectivity index (χ0v) is 22.2. The smallest absolute Gasteiger partial charge is 0.407 e. The first kappa shape index (κ1) is 32.3. The van der Waals surface area contributed by atoms with Crippen LogP contribution in [0.15, 0.2) is 24.3 Å². The van der Waals surface area contributed by atoms with Crippen LogP contribution in [0, 0.1) is 0 Å². The summed E-state index contributed by atoms with van der Waals surface area (Å²) in [6.45, 7) is 7.70. The van der Waals surface area contributed by atoms with Gasteiger partial charge in [0.15, 0.2) is 0 Å². The average molecular weight is 527 g/mol. The average Bonchev–Trinajstić information content (AvgIpc) is 2.80. The maximum atomic E-state index is 12.1. The first-order valence-electron chi connectivity index (χ1n) is 12.4. The summed E-state index contributed by atoms with van der Waals surface area (Å²) in [6.07, 6.45) is 1.69. The lowest BCUT2D eigenvalue weighted by Gasteiger charge is -2.23. The molecule has 1 aromatic rings. The Balaban J connectivity index is 2.23. The van der Waals surface area contributed by atoms with E-state index in [0.29, 0.717) is 39.5 Å². The van der Waals surface area contributed by atoms with Gasteiger partial charge in [0.1, 0.15) is 12.2 Å². The minimum absolute atomic E-state index is 0.138. The number of benzene rings is 1. The molecular weight excluding hydrogens is 484 g/mol. The molecule has 0 radical (unpaired) electrons. The van der Waals surface area contributed by atoms with Crippen LogP contribution in [0.5, 0.6) is 0 Å². The van der Waals surface area contributed by atoms with Crippen LogP contribution in [0.2, 0.25) is 0 Å². The number of rotatable bonds is 20. The second-order valence-corrected chi connectivity index (χ2v) is 9.45. The quantitative estimate of drug-likeness (QED) is 0.217. The molecule has 37 heavy (non-hydrogen) atoms. The van der Waals surface area contributed by atoms with Crippen molar-refractivity contribution in [1.82, 2.24) is 5.32 Å². The number of carboxylic acid groups (broad SMARTS) is 1. The van der Waals surface area contributed by atoms with Crippen LogP contribution in [0.25, 0.3) is 0 Å². The van der Waals surface area contributed by atoms with Crippen molar-refractivity contribution >= 4 is 18.0 Å². The Labute approximate surface area is 218 Å². The maximum absolute atomic E-state index is 12.1. The standard InChI is InChI=1S/C26H42N2O9/c1-26(2,3)37-25(32)28-22(10-11-23(27)29)18-36-17-21-8-6-20(7-9-21)5-4-12-33-13-14-34-15-16-35-19-24(30)31/h6-9,22H,4-5,10-19H2,1-3H3,(H2,27,29)(H,28,32)(H,30,31). The van der Waals surface area contributed by atoms with E-state index < -0.39 is 29.6 Å². The molecule has 0 aliphatic carbocycles. The highest BCUT2D eigenvalue weighted by Gasteiger charge is 2.20. The number of amides is 2. The summed E-state index contributed by atoms with van der Waals surface area (Å²) in [5, 5.41) is 11.2. The topological polar surface area (TPSA) is 156 Å². The molecule has 0 aliphatic rings. The largest absolute Gasteiger partial charge is 0.480 e. The summed E-state index contributed by atoms with van der Waals surface area (Å²) in [4.78, 5) is 33.5. The number of primary amides is 1. The second-order valence-electron chi connectivity index (χ2n) is 9.45. The fraction of sp³-hybridized carbons (Fsp3) is 0.654. The summed E-state index contributed by atoms with van der Waals surface area (Å²) in [6, 6.07) is 7.69. The number of ether oxygens (including phenoxy) is 5. The van der Waals surface area contributed by atoms with Crippen molar-refractivity contribution in [2.75, 3.05) is 46.2 Å². The van der Waals surface area contributed by atoms with Crippen molar-refractivity contribution < 1.29 is 43.2 Å². The lowest BCUT2D eigenvalue weighted by molar-refractivity contribution is -0.142. The van der Waals surface area contributed by atoms with E-state index in [2.05, 4.69) is 5.32 Å². The normalized spacial score (nSPS) is 12.2. The molecule has 0 heterocycles. The van der Waals surface area contributed by atoms with Gasteiger partial charge in [-0.25, -0.2) is 9.59 Å². The van der Waals surface area contributed by atoms with E-state index in [1.165, 1.54) is 5.56 Å². The lowest BCUT2D eigenvalue weighted by atomic mass is 10.1. The molecule has 0 bridgehead atoms. The third-order valence-electron chi connectivity index (χ3n) is 4.79. The van der Waals surface area contributed by atoms with Crippen LogP contribution in [0.4, 0.5) is 4.79 Å². The number of carbonyl (C=O) groups is 3. The van der Waals surface area contributed by atoms with Crippen molar-refractivity contribution in [2.24, 2.45) is 5.73 Å². The van der Waals surface area contributed by atoms with Gasteiger partial charge in [0.05, 0.1) is 45.7 Å². The van der Waals surface area contributed by atoms with Gasteiger partial charge < -0.3 is 39.8 Å². The fourth-order valence-corrected chi connectivity index (χ4v) is 3.09. The lowest BCUT2D eigenvalue weighted by Crippen LogP contribution is -2.42. The van der Waals surface area contributed by atoms with E-state index in [-0.39, 0.29) is 26.2 Å². The first-order valence-corrected chi connectivity index (χ1v) is 12.4. The van der Waals surface area contributed by atoms with Crippen molar-refractivity contribution in [3.05, 3.63) is 35.4 Å². The third-order valence-corrected chi connectivity index (χ3v) is 4.79. The van der Waals surface area contributed by atoms with Gasteiger partial charge in [-0.1, -0.05) is 24.3 Å². The summed E-state index contributed by atoms with van der Waals surface area (Å²) in [7, 11) is 0. The summed E-state index contributed by atoms with van der Waals surface area (Å²) < 4.78 is 26.8. The number of aryl methyl sites for hydroxylation is 1. The third kappa shape index (κ3) is 19.1. The predicted molar refractivity (Wildman–Crippen MR) is 136 cm³/mol. The molecule has 1 unspecified atom stereocenters. The monoisotopic (exact) mass is 526 g/mol. The zero-order valence-electron chi connectivity index (χ0n) is 22.2. The van der Waals surface area contributed by atoms with Crippen molar-refractivity contribution in [1.29, 1.82) is 0 Å². The minimum atomic E-state index is -0.997. The fourth-order valence-electron chi connectivity index (χ4n) is 3.09. The van der Waals surface area contributed by atoms with Crippen LogP contribution >= 0.6 is 0 Å². The molecule has 2 amide bonds. The van der Waals surface area contributed by atoms with E-state index in [1.54, 1.807) is 20.8 Å². The van der Waals surface area contributed by atoms with Gasteiger partial charge in [-0.3, -0.25) is 4.79 Å². The van der Waals surface area contributed by atoms with Crippen LogP contribution in [-0.2, 0) is 46.3 Å². The van der Waals surface area contributed by atoms with Gasteiger partial charge in [-0.2, -0.15) is 0 Å². The van der Waals surface area contributed by atoms with Crippen LogP contribution in [0.1, 0.15) is 51.2 Å². The molecule has 1 atom stereocenters. The Morgan fingerprint density at radius 1 is 0.919 bits per heavy atom. The molecule has 0 aliphatic heterocycles. The van der Waals surface area contributed by atoms with Crippen molar-refractivity contribution in [2.45, 2.75) is 64.7 Å². The maximum Gasteiger partial charge on any atom is 0.407 e. The molecule has 4 N–H and O–H groups in total. The van der Waals surface area contributed by atoms with Gasteiger partial charge in [0.2, 0.25) is 5.91 Å². The Bertz CT molecular complexity index is 794. The van der Waals surface area contributed by atoms with E-state index in [4.69, 9.17) is 34.5 Å². The summed E-state index contributed by atoms with van der Waals surface area (Å²) in [5.41, 5.74) is 6.80. The number of nitrogens with one attached hydrogen (secondary N) is 1. The highest BCUT2D eigenvalue weighted by Crippen LogP contribution is 2.10. The summed E-state index contributed by atoms with van der Waals surface area (Å²) >= 11 is 0. The SMILES string of the molecule is CC(C)(C)OC(=O)NC(CCC(N)=O)COCc1ccc(CCCOCCOCCOCC(=O)O)cc1. The number of carbonyl (C=O) groups excluding carboxylic acids is 2. The Morgan fingerprint density at radius 2 is 1.51 bits per heavy atom. The Hall–Kier alpha value is -2.73. The van der Waals surface area contributed by atoms with E-state index in [1.807, 2.05) is 24.3 Å². The molecule has 210 valence electrons. The van der Waals surface area contributed by atoms with Crippen LogP contribution in [-0.4, -0.2) is 81.0 Å². The molecule has 0 aromatic heterocycles. The molecule has 11 nitrogen and oxygen atoms in total. The van der Waals surface area contributed by atoms with Gasteiger partial charge in [-0.15, -0.1) is 0 Å². The molecule has 0 saturated heterocycles. The Kier molecular flexibility index (Phi) is 16.2. The molecule has 1 aromatic carbocycles. The van der Waals surface area contributed by atoms with Gasteiger partial charge in [0.25, 0.3) is 0 Å². The highest BCUT2D eigenvalue weighted by atomic mass is 16.6. The molecule has 0 saturated carbocycles. The number of hydrogen-bond donors (Lipinski definition) is 3. The second kappa shape index (κ2) is 18.5. The van der Waals surface area contributed by atoms with Crippen LogP contribution < -0.4 is 11.1 Å². The molecule has 0 spiro atoms.